The van der Waals surface area contributed by atoms with E-state index >= 15 is 0 Å². The molecule has 0 spiro atoms. The van der Waals surface area contributed by atoms with Crippen molar-refractivity contribution in [3.05, 3.63) is 63.1 Å². The summed E-state index contributed by atoms with van der Waals surface area (Å²) in [5.41, 5.74) is 0.915. The second kappa shape index (κ2) is 9.14. The Kier molecular flexibility index (Phi) is 6.90. The Bertz CT molecular complexity index is 888. The van der Waals surface area contributed by atoms with Gasteiger partial charge < -0.3 is 14.6 Å². The third kappa shape index (κ3) is 5.16. The van der Waals surface area contributed by atoms with Gasteiger partial charge in [-0.1, -0.05) is 35.3 Å². The van der Waals surface area contributed by atoms with Crippen LogP contribution in [0.1, 0.15) is 18.1 Å². The number of hydrogen-bond donors (Lipinski definition) is 1. The molecule has 0 unspecified atom stereocenters. The molecule has 0 heterocycles. The molecule has 0 aromatic heterocycles. The fourth-order valence-electron chi connectivity index (χ4n) is 2.10. The second-order valence-electron chi connectivity index (χ2n) is 5.14. The van der Waals surface area contributed by atoms with E-state index in [0.717, 1.165) is 5.56 Å². The van der Waals surface area contributed by atoms with Crippen molar-refractivity contribution in [3.8, 4) is 17.6 Å². The summed E-state index contributed by atoms with van der Waals surface area (Å²) in [7, 11) is 0. The van der Waals surface area contributed by atoms with Crippen LogP contribution in [0, 0.1) is 11.3 Å². The minimum atomic E-state index is -1.29. The van der Waals surface area contributed by atoms with Gasteiger partial charge in [-0.2, -0.15) is 5.26 Å². The molecule has 0 saturated carbocycles. The molecule has 134 valence electrons. The van der Waals surface area contributed by atoms with Gasteiger partial charge in [-0.25, -0.2) is 4.79 Å². The minimum Gasteiger partial charge on any atom is -0.490 e. The predicted octanol–water partition coefficient (Wildman–Crippen LogP) is 4.96. The lowest BCUT2D eigenvalue weighted by molar-refractivity contribution is -0.132. The number of nitrogens with zero attached hydrogens (tertiary/aromatic N) is 1. The molecule has 26 heavy (non-hydrogen) atoms. The smallest absolute Gasteiger partial charge is 0.346 e. The number of aliphatic carboxylic acids is 1. The standard InChI is InChI=1S/C19H15Cl2NO4/c1-2-25-18-8-12(7-14(10-22)19(23)24)3-6-17(18)26-11-13-4-5-15(20)9-16(13)21/h3-9H,2,11H2,1H3,(H,23,24). The topological polar surface area (TPSA) is 79.5 Å². The first-order valence-corrected chi connectivity index (χ1v) is 8.38. The van der Waals surface area contributed by atoms with E-state index in [-0.39, 0.29) is 12.2 Å². The number of hydrogen-bond acceptors (Lipinski definition) is 4. The predicted molar refractivity (Wildman–Crippen MR) is 99.6 cm³/mol. The van der Waals surface area contributed by atoms with Gasteiger partial charge in [0, 0.05) is 15.6 Å². The molecule has 0 atom stereocenters. The monoisotopic (exact) mass is 391 g/mol. The summed E-state index contributed by atoms with van der Waals surface area (Å²) in [5, 5.41) is 18.8. The Hall–Kier alpha value is -2.68. The van der Waals surface area contributed by atoms with Crippen LogP contribution in [0.4, 0.5) is 0 Å². The molecule has 0 fully saturated rings. The molecular weight excluding hydrogens is 377 g/mol. The van der Waals surface area contributed by atoms with Crippen LogP contribution in [-0.2, 0) is 11.4 Å². The van der Waals surface area contributed by atoms with Crippen molar-refractivity contribution in [3.63, 3.8) is 0 Å². The van der Waals surface area contributed by atoms with Crippen molar-refractivity contribution in [1.82, 2.24) is 0 Å². The van der Waals surface area contributed by atoms with Gasteiger partial charge in [0.1, 0.15) is 18.2 Å². The quantitative estimate of drug-likeness (QED) is 0.532. The lowest BCUT2D eigenvalue weighted by Gasteiger charge is -2.13. The van der Waals surface area contributed by atoms with Crippen molar-refractivity contribution in [2.24, 2.45) is 0 Å². The van der Waals surface area contributed by atoms with Gasteiger partial charge in [-0.15, -0.1) is 0 Å². The molecule has 5 nitrogen and oxygen atoms in total. The van der Waals surface area contributed by atoms with Crippen LogP contribution >= 0.6 is 23.2 Å². The number of benzene rings is 2. The maximum atomic E-state index is 11.0. The minimum absolute atomic E-state index is 0.212. The van der Waals surface area contributed by atoms with Crippen LogP contribution in [0.3, 0.4) is 0 Å². The van der Waals surface area contributed by atoms with Crippen LogP contribution < -0.4 is 9.47 Å². The Morgan fingerprint density at radius 3 is 2.58 bits per heavy atom. The summed E-state index contributed by atoms with van der Waals surface area (Å²) in [6.07, 6.45) is 1.27. The van der Waals surface area contributed by atoms with E-state index in [1.54, 1.807) is 42.5 Å². The second-order valence-corrected chi connectivity index (χ2v) is 5.98. The molecule has 2 aromatic rings. The highest BCUT2D eigenvalue weighted by Gasteiger charge is 2.10. The van der Waals surface area contributed by atoms with Gasteiger partial charge in [-0.3, -0.25) is 0 Å². The first-order chi connectivity index (χ1) is 12.4. The Labute approximate surface area is 161 Å². The van der Waals surface area contributed by atoms with Gasteiger partial charge in [0.05, 0.1) is 6.61 Å². The van der Waals surface area contributed by atoms with E-state index < -0.39 is 5.97 Å². The van der Waals surface area contributed by atoms with Gasteiger partial charge in [-0.05, 0) is 42.8 Å². The maximum Gasteiger partial charge on any atom is 0.346 e. The summed E-state index contributed by atoms with van der Waals surface area (Å²) in [5.74, 6) is -0.374. The van der Waals surface area contributed by atoms with Gasteiger partial charge >= 0.3 is 5.97 Å². The molecule has 0 aliphatic carbocycles. The van der Waals surface area contributed by atoms with Crippen molar-refractivity contribution >= 4 is 35.2 Å². The molecule has 7 heteroatoms. The first kappa shape index (κ1) is 19.6. The van der Waals surface area contributed by atoms with Gasteiger partial charge in [0.25, 0.3) is 0 Å². The number of rotatable bonds is 7. The molecule has 0 aliphatic rings. The van der Waals surface area contributed by atoms with E-state index in [0.29, 0.717) is 33.7 Å². The molecule has 0 saturated heterocycles. The third-order valence-corrected chi connectivity index (χ3v) is 3.91. The zero-order chi connectivity index (χ0) is 19.1. The Balaban J connectivity index is 2.25. The average Bonchev–Trinajstić information content (AvgIpc) is 2.60. The Morgan fingerprint density at radius 1 is 1.19 bits per heavy atom. The van der Waals surface area contributed by atoms with Crippen molar-refractivity contribution in [2.75, 3.05) is 6.61 Å². The number of carbonyl (C=O) groups is 1. The van der Waals surface area contributed by atoms with Crippen molar-refractivity contribution in [1.29, 1.82) is 5.26 Å². The normalized spacial score (nSPS) is 10.9. The first-order valence-electron chi connectivity index (χ1n) is 7.63. The van der Waals surface area contributed by atoms with Crippen LogP contribution in [0.2, 0.25) is 10.0 Å². The molecule has 0 bridgehead atoms. The highest BCUT2D eigenvalue weighted by Crippen LogP contribution is 2.31. The van der Waals surface area contributed by atoms with Crippen LogP contribution in [0.5, 0.6) is 11.5 Å². The third-order valence-electron chi connectivity index (χ3n) is 3.33. The van der Waals surface area contributed by atoms with E-state index in [1.807, 2.05) is 6.92 Å². The van der Waals surface area contributed by atoms with Gasteiger partial charge in [0.15, 0.2) is 11.5 Å². The summed E-state index contributed by atoms with van der Waals surface area (Å²) >= 11 is 12.0. The zero-order valence-corrected chi connectivity index (χ0v) is 15.3. The number of carboxylic acids is 1. The van der Waals surface area contributed by atoms with Crippen molar-refractivity contribution in [2.45, 2.75) is 13.5 Å². The molecular formula is C19H15Cl2NO4. The highest BCUT2D eigenvalue weighted by molar-refractivity contribution is 6.35. The van der Waals surface area contributed by atoms with Crippen LogP contribution in [-0.4, -0.2) is 17.7 Å². The number of carboxylic acid groups (broad SMARTS) is 1. The molecule has 0 aliphatic heterocycles. The van der Waals surface area contributed by atoms with Crippen LogP contribution in [0.25, 0.3) is 6.08 Å². The number of nitriles is 1. The summed E-state index contributed by atoms with van der Waals surface area (Å²) < 4.78 is 11.3. The fraction of sp³-hybridized carbons (Fsp3) is 0.158. The molecule has 2 aromatic carbocycles. The van der Waals surface area contributed by atoms with E-state index in [1.165, 1.54) is 6.08 Å². The van der Waals surface area contributed by atoms with E-state index in [2.05, 4.69) is 0 Å². The fourth-order valence-corrected chi connectivity index (χ4v) is 2.57. The van der Waals surface area contributed by atoms with E-state index in [4.69, 9.17) is 43.0 Å². The van der Waals surface area contributed by atoms with Gasteiger partial charge in [0.2, 0.25) is 0 Å². The largest absolute Gasteiger partial charge is 0.490 e. The maximum absolute atomic E-state index is 11.0. The zero-order valence-electron chi connectivity index (χ0n) is 13.8. The molecule has 1 N–H and O–H groups in total. The lowest BCUT2D eigenvalue weighted by atomic mass is 10.1. The molecule has 2 rings (SSSR count). The number of ether oxygens (including phenoxy) is 2. The lowest BCUT2D eigenvalue weighted by Crippen LogP contribution is -2.01. The van der Waals surface area contributed by atoms with E-state index in [9.17, 15) is 4.79 Å². The molecule has 0 amide bonds. The Morgan fingerprint density at radius 2 is 1.96 bits per heavy atom. The summed E-state index contributed by atoms with van der Waals surface area (Å²) in [4.78, 5) is 11.0. The summed E-state index contributed by atoms with van der Waals surface area (Å²) in [6.45, 7) is 2.43. The SMILES string of the molecule is CCOc1cc(C=C(C#N)C(=O)O)ccc1OCc1ccc(Cl)cc1Cl. The van der Waals surface area contributed by atoms with Crippen molar-refractivity contribution < 1.29 is 19.4 Å². The average molecular weight is 392 g/mol. The molecule has 0 radical (unpaired) electrons. The van der Waals surface area contributed by atoms with Crippen LogP contribution in [0.15, 0.2) is 42.0 Å². The number of halogens is 2. The highest BCUT2D eigenvalue weighted by atomic mass is 35.5. The summed E-state index contributed by atoms with van der Waals surface area (Å²) in [6, 6.07) is 11.7.